The average Bonchev–Trinajstić information content (AvgIpc) is 3.00. The molecule has 1 aliphatic rings. The molecule has 0 spiro atoms. The van der Waals surface area contributed by atoms with Crippen LogP contribution < -0.4 is 0 Å². The van der Waals surface area contributed by atoms with E-state index in [1.807, 2.05) is 53.7 Å². The first-order valence-electron chi connectivity index (χ1n) is 9.08. The number of ether oxygens (including phenoxy) is 1. The Labute approximate surface area is 158 Å². The molecule has 3 heterocycles. The second-order valence-electron chi connectivity index (χ2n) is 6.63. The van der Waals surface area contributed by atoms with Crippen LogP contribution in [0.2, 0.25) is 0 Å². The normalized spacial score (nSPS) is 13.9. The molecule has 1 aliphatic heterocycles. The van der Waals surface area contributed by atoms with Gasteiger partial charge in [0, 0.05) is 56.7 Å². The van der Waals surface area contributed by atoms with Gasteiger partial charge >= 0.3 is 0 Å². The fourth-order valence-electron chi connectivity index (χ4n) is 3.47. The molecule has 0 saturated heterocycles. The van der Waals surface area contributed by atoms with Crippen LogP contribution in [0.4, 0.5) is 0 Å². The summed E-state index contributed by atoms with van der Waals surface area (Å²) < 4.78 is 7.33. The zero-order chi connectivity index (χ0) is 18.6. The molecule has 1 aromatic carbocycles. The number of imidazole rings is 1. The Morgan fingerprint density at radius 2 is 1.96 bits per heavy atom. The van der Waals surface area contributed by atoms with Crippen molar-refractivity contribution in [1.82, 2.24) is 19.4 Å². The summed E-state index contributed by atoms with van der Waals surface area (Å²) in [6, 6.07) is 11.6. The van der Waals surface area contributed by atoms with E-state index >= 15 is 0 Å². The van der Waals surface area contributed by atoms with Gasteiger partial charge in [-0.15, -0.1) is 0 Å². The van der Waals surface area contributed by atoms with E-state index in [9.17, 15) is 4.79 Å². The van der Waals surface area contributed by atoms with Gasteiger partial charge in [-0.3, -0.25) is 9.78 Å². The van der Waals surface area contributed by atoms with Crippen molar-refractivity contribution >= 4 is 5.91 Å². The molecule has 4 rings (SSSR count). The summed E-state index contributed by atoms with van der Waals surface area (Å²) in [6.45, 7) is 2.61. The average molecular weight is 362 g/mol. The van der Waals surface area contributed by atoms with Crippen LogP contribution in [-0.2, 0) is 24.3 Å². The molecule has 0 radical (unpaired) electrons. The summed E-state index contributed by atoms with van der Waals surface area (Å²) in [6.07, 6.45) is 6.26. The second kappa shape index (κ2) is 7.72. The largest absolute Gasteiger partial charge is 0.380 e. The minimum atomic E-state index is 0.0626. The lowest BCUT2D eigenvalue weighted by Gasteiger charge is -2.20. The zero-order valence-corrected chi connectivity index (χ0v) is 15.3. The summed E-state index contributed by atoms with van der Waals surface area (Å²) in [4.78, 5) is 23.6. The Balaban J connectivity index is 1.50. The van der Waals surface area contributed by atoms with Crippen LogP contribution in [0.25, 0.3) is 11.3 Å². The predicted molar refractivity (Wildman–Crippen MR) is 102 cm³/mol. The quantitative estimate of drug-likeness (QED) is 0.716. The number of nitrogens with zero attached hydrogens (tertiary/aromatic N) is 4. The molecule has 0 fully saturated rings. The third-order valence-corrected chi connectivity index (χ3v) is 4.89. The van der Waals surface area contributed by atoms with Crippen LogP contribution in [0.1, 0.15) is 21.7 Å². The maximum Gasteiger partial charge on any atom is 0.253 e. The Morgan fingerprint density at radius 3 is 2.70 bits per heavy atom. The van der Waals surface area contributed by atoms with Crippen LogP contribution in [0.3, 0.4) is 0 Å². The monoisotopic (exact) mass is 362 g/mol. The van der Waals surface area contributed by atoms with Gasteiger partial charge in [-0.2, -0.15) is 0 Å². The summed E-state index contributed by atoms with van der Waals surface area (Å²) in [5.74, 6) is 1.08. The summed E-state index contributed by atoms with van der Waals surface area (Å²) >= 11 is 0. The number of fused-ring (bicyclic) bond motifs is 1. The lowest BCUT2D eigenvalue weighted by Crippen LogP contribution is -2.33. The highest BCUT2D eigenvalue weighted by atomic mass is 16.5. The van der Waals surface area contributed by atoms with Crippen LogP contribution in [-0.4, -0.2) is 45.5 Å². The number of pyridine rings is 1. The first-order chi connectivity index (χ1) is 13.3. The molecule has 0 unspecified atom stereocenters. The SMILES string of the molecule is COCc1ccc(C(=O)N2CCc3ncc(-c4cccnc4)n3CC2)cc1. The van der Waals surface area contributed by atoms with Gasteiger partial charge in [0.25, 0.3) is 5.91 Å². The van der Waals surface area contributed by atoms with Crippen molar-refractivity contribution in [3.8, 4) is 11.3 Å². The van der Waals surface area contributed by atoms with Gasteiger partial charge in [-0.05, 0) is 29.8 Å². The highest BCUT2D eigenvalue weighted by molar-refractivity contribution is 5.94. The molecule has 0 saturated carbocycles. The van der Waals surface area contributed by atoms with Crippen molar-refractivity contribution in [1.29, 1.82) is 0 Å². The van der Waals surface area contributed by atoms with Crippen molar-refractivity contribution in [2.45, 2.75) is 19.6 Å². The van der Waals surface area contributed by atoms with Crippen LogP contribution >= 0.6 is 0 Å². The molecule has 3 aromatic rings. The molecular weight excluding hydrogens is 340 g/mol. The number of rotatable bonds is 4. The Bertz CT molecular complexity index is 919. The van der Waals surface area contributed by atoms with Crippen molar-refractivity contribution in [3.05, 3.63) is 71.9 Å². The van der Waals surface area contributed by atoms with E-state index in [1.54, 1.807) is 13.3 Å². The van der Waals surface area contributed by atoms with Crippen molar-refractivity contribution in [2.75, 3.05) is 20.2 Å². The van der Waals surface area contributed by atoms with E-state index in [2.05, 4.69) is 14.5 Å². The molecule has 138 valence electrons. The fourth-order valence-corrected chi connectivity index (χ4v) is 3.47. The van der Waals surface area contributed by atoms with Gasteiger partial charge in [0.2, 0.25) is 0 Å². The van der Waals surface area contributed by atoms with E-state index in [0.29, 0.717) is 25.3 Å². The zero-order valence-electron chi connectivity index (χ0n) is 15.3. The molecule has 6 nitrogen and oxygen atoms in total. The molecule has 2 aromatic heterocycles. The van der Waals surface area contributed by atoms with Crippen molar-refractivity contribution in [2.24, 2.45) is 0 Å². The minimum absolute atomic E-state index is 0.0626. The lowest BCUT2D eigenvalue weighted by molar-refractivity contribution is 0.0759. The third kappa shape index (κ3) is 3.61. The predicted octanol–water partition coefficient (Wildman–Crippen LogP) is 2.79. The van der Waals surface area contributed by atoms with E-state index in [1.165, 1.54) is 0 Å². The van der Waals surface area contributed by atoms with Gasteiger partial charge < -0.3 is 14.2 Å². The fraction of sp³-hybridized carbons (Fsp3) is 0.286. The van der Waals surface area contributed by atoms with Gasteiger partial charge in [0.15, 0.2) is 0 Å². The van der Waals surface area contributed by atoms with Gasteiger partial charge in [0.1, 0.15) is 5.82 Å². The van der Waals surface area contributed by atoms with Crippen LogP contribution in [0.5, 0.6) is 0 Å². The molecule has 27 heavy (non-hydrogen) atoms. The number of hydrogen-bond acceptors (Lipinski definition) is 4. The number of amides is 1. The molecular formula is C21H22N4O2. The van der Waals surface area contributed by atoms with Crippen LogP contribution in [0.15, 0.2) is 55.0 Å². The topological polar surface area (TPSA) is 60.2 Å². The number of carbonyl (C=O) groups is 1. The molecule has 0 atom stereocenters. The second-order valence-corrected chi connectivity index (χ2v) is 6.63. The van der Waals surface area contributed by atoms with Crippen molar-refractivity contribution in [3.63, 3.8) is 0 Å². The Hall–Kier alpha value is -2.99. The van der Waals surface area contributed by atoms with Gasteiger partial charge in [-0.1, -0.05) is 12.1 Å². The lowest BCUT2D eigenvalue weighted by atomic mass is 10.1. The number of benzene rings is 1. The van der Waals surface area contributed by atoms with Gasteiger partial charge in [-0.25, -0.2) is 4.98 Å². The number of hydrogen-bond donors (Lipinski definition) is 0. The molecule has 0 N–H and O–H groups in total. The summed E-state index contributed by atoms with van der Waals surface area (Å²) in [7, 11) is 1.67. The first-order valence-corrected chi connectivity index (χ1v) is 9.08. The number of carbonyl (C=O) groups excluding carboxylic acids is 1. The Kier molecular flexibility index (Phi) is 4.98. The number of methoxy groups -OCH3 is 1. The van der Waals surface area contributed by atoms with Gasteiger partial charge in [0.05, 0.1) is 18.5 Å². The van der Waals surface area contributed by atoms with E-state index in [-0.39, 0.29) is 5.91 Å². The molecule has 0 bridgehead atoms. The third-order valence-electron chi connectivity index (χ3n) is 4.89. The molecule has 1 amide bonds. The molecule has 6 heteroatoms. The van der Waals surface area contributed by atoms with Crippen molar-refractivity contribution < 1.29 is 9.53 Å². The Morgan fingerprint density at radius 1 is 1.11 bits per heavy atom. The summed E-state index contributed by atoms with van der Waals surface area (Å²) in [5.41, 5.74) is 3.87. The summed E-state index contributed by atoms with van der Waals surface area (Å²) in [5, 5.41) is 0. The minimum Gasteiger partial charge on any atom is -0.380 e. The van der Waals surface area contributed by atoms with E-state index in [0.717, 1.165) is 35.6 Å². The van der Waals surface area contributed by atoms with E-state index < -0.39 is 0 Å². The number of aromatic nitrogens is 3. The standard InChI is InChI=1S/C21H22N4O2/c1-27-15-16-4-6-17(7-5-16)21(26)24-10-8-20-23-14-19(25(20)12-11-24)18-3-2-9-22-13-18/h2-7,9,13-14H,8,10-12,15H2,1H3. The maximum absolute atomic E-state index is 12.9. The van der Waals surface area contributed by atoms with Crippen LogP contribution in [0, 0.1) is 0 Å². The maximum atomic E-state index is 12.9. The highest BCUT2D eigenvalue weighted by Gasteiger charge is 2.22. The highest BCUT2D eigenvalue weighted by Crippen LogP contribution is 2.22. The first kappa shape index (κ1) is 17.4. The van der Waals surface area contributed by atoms with E-state index in [4.69, 9.17) is 4.74 Å². The molecule has 0 aliphatic carbocycles. The smallest absolute Gasteiger partial charge is 0.253 e.